The lowest BCUT2D eigenvalue weighted by atomic mass is 10.1. The Labute approximate surface area is 70.9 Å². The minimum absolute atomic E-state index is 1.09. The van der Waals surface area contributed by atoms with Crippen molar-refractivity contribution < 1.29 is 0 Å². The van der Waals surface area contributed by atoms with Crippen molar-refractivity contribution in [3.05, 3.63) is 36.0 Å². The molecule has 2 rings (SSSR count). The molecule has 1 aromatic heterocycles. The average Bonchev–Trinajstić information content (AvgIpc) is 2.51. The zero-order valence-electron chi connectivity index (χ0n) is 6.91. The Morgan fingerprint density at radius 2 is 2.33 bits per heavy atom. The highest BCUT2D eigenvalue weighted by atomic mass is 15.1. The molecular weight excluding hydrogens is 148 g/mol. The van der Waals surface area contributed by atoms with Crippen molar-refractivity contribution in [2.75, 3.05) is 0 Å². The van der Waals surface area contributed by atoms with Crippen molar-refractivity contribution >= 4 is 17.0 Å². The molecule has 0 aliphatic heterocycles. The lowest BCUT2D eigenvalue weighted by Gasteiger charge is -1.91. The van der Waals surface area contributed by atoms with Crippen LogP contribution in [-0.4, -0.2) is 10.2 Å². The fraction of sp³-hybridized carbons (Fsp3) is 0.100. The van der Waals surface area contributed by atoms with Gasteiger partial charge in [-0.15, -0.1) is 0 Å². The molecule has 0 aliphatic carbocycles. The molecule has 0 unspecified atom stereocenters. The Morgan fingerprint density at radius 3 is 3.17 bits per heavy atom. The Hall–Kier alpha value is -1.57. The molecule has 0 saturated carbocycles. The number of allylic oxidation sites excluding steroid dienone is 1. The largest absolute Gasteiger partial charge is 0.278 e. The number of hydrogen-bond donors (Lipinski definition) is 1. The average molecular weight is 158 g/mol. The number of aromatic amines is 1. The molecule has 12 heavy (non-hydrogen) atoms. The molecule has 0 amide bonds. The van der Waals surface area contributed by atoms with Crippen molar-refractivity contribution in [2.24, 2.45) is 0 Å². The Bertz CT molecular complexity index is 412. The molecule has 1 aromatic carbocycles. The lowest BCUT2D eigenvalue weighted by molar-refractivity contribution is 1.12. The van der Waals surface area contributed by atoms with Gasteiger partial charge in [-0.1, -0.05) is 18.2 Å². The minimum atomic E-state index is 1.09. The van der Waals surface area contributed by atoms with E-state index in [1.807, 2.05) is 25.3 Å². The Morgan fingerprint density at radius 1 is 1.42 bits per heavy atom. The molecule has 0 atom stereocenters. The maximum absolute atomic E-state index is 3.95. The summed E-state index contributed by atoms with van der Waals surface area (Å²) in [5, 5.41) is 8.03. The van der Waals surface area contributed by atoms with Crippen LogP contribution in [0.25, 0.3) is 17.0 Å². The second kappa shape index (κ2) is 2.81. The van der Waals surface area contributed by atoms with Gasteiger partial charge in [0.15, 0.2) is 0 Å². The third-order valence-electron chi connectivity index (χ3n) is 1.82. The summed E-state index contributed by atoms with van der Waals surface area (Å²) < 4.78 is 0. The van der Waals surface area contributed by atoms with E-state index >= 15 is 0 Å². The monoisotopic (exact) mass is 158 g/mol. The van der Waals surface area contributed by atoms with E-state index < -0.39 is 0 Å². The maximum atomic E-state index is 3.95. The number of nitrogens with zero attached hydrogens (tertiary/aromatic N) is 1. The SMILES string of the molecule is C/C=C/c1ccc2[nH]ncc2c1. The second-order valence-electron chi connectivity index (χ2n) is 2.72. The highest BCUT2D eigenvalue weighted by molar-refractivity contribution is 5.80. The maximum Gasteiger partial charge on any atom is 0.0650 e. The molecule has 0 saturated heterocycles. The van der Waals surface area contributed by atoms with Crippen LogP contribution in [0.4, 0.5) is 0 Å². The topological polar surface area (TPSA) is 28.7 Å². The number of rotatable bonds is 1. The summed E-state index contributed by atoms with van der Waals surface area (Å²) in [6.07, 6.45) is 5.94. The van der Waals surface area contributed by atoms with E-state index in [1.165, 1.54) is 5.56 Å². The van der Waals surface area contributed by atoms with Gasteiger partial charge in [0.05, 0.1) is 11.7 Å². The first kappa shape index (κ1) is 7.10. The summed E-state index contributed by atoms with van der Waals surface area (Å²) in [7, 11) is 0. The van der Waals surface area contributed by atoms with Crippen LogP contribution in [0.5, 0.6) is 0 Å². The summed E-state index contributed by atoms with van der Waals surface area (Å²) in [5.41, 5.74) is 2.30. The van der Waals surface area contributed by atoms with Crippen molar-refractivity contribution in [3.8, 4) is 0 Å². The van der Waals surface area contributed by atoms with Crippen molar-refractivity contribution in [3.63, 3.8) is 0 Å². The first-order valence-electron chi connectivity index (χ1n) is 3.96. The van der Waals surface area contributed by atoms with Gasteiger partial charge < -0.3 is 0 Å². The van der Waals surface area contributed by atoms with Gasteiger partial charge in [0.25, 0.3) is 0 Å². The fourth-order valence-corrected chi connectivity index (χ4v) is 1.26. The molecule has 2 aromatic rings. The molecule has 1 heterocycles. The fourth-order valence-electron chi connectivity index (χ4n) is 1.26. The van der Waals surface area contributed by atoms with Crippen LogP contribution in [-0.2, 0) is 0 Å². The third kappa shape index (κ3) is 1.11. The quantitative estimate of drug-likeness (QED) is 0.679. The predicted molar refractivity (Wildman–Crippen MR) is 50.8 cm³/mol. The number of hydrogen-bond acceptors (Lipinski definition) is 1. The number of benzene rings is 1. The molecule has 0 radical (unpaired) electrons. The number of H-pyrrole nitrogens is 1. The van der Waals surface area contributed by atoms with Gasteiger partial charge in [-0.3, -0.25) is 5.10 Å². The Kier molecular flexibility index (Phi) is 1.67. The molecule has 1 N–H and O–H groups in total. The lowest BCUT2D eigenvalue weighted by Crippen LogP contribution is -1.71. The number of aromatic nitrogens is 2. The minimum Gasteiger partial charge on any atom is -0.278 e. The first-order chi connectivity index (χ1) is 5.90. The van der Waals surface area contributed by atoms with Crippen LogP contribution in [0.3, 0.4) is 0 Å². The van der Waals surface area contributed by atoms with E-state index in [2.05, 4.69) is 28.4 Å². The summed E-state index contributed by atoms with van der Waals surface area (Å²) in [4.78, 5) is 0. The zero-order chi connectivity index (χ0) is 8.39. The summed E-state index contributed by atoms with van der Waals surface area (Å²) >= 11 is 0. The molecule has 0 spiro atoms. The Balaban J connectivity index is 2.60. The van der Waals surface area contributed by atoms with E-state index in [4.69, 9.17) is 0 Å². The summed E-state index contributed by atoms with van der Waals surface area (Å²) in [6, 6.07) is 6.22. The molecule has 60 valence electrons. The van der Waals surface area contributed by atoms with E-state index in [-0.39, 0.29) is 0 Å². The van der Waals surface area contributed by atoms with E-state index in [9.17, 15) is 0 Å². The standard InChI is InChI=1S/C10H10N2/c1-2-3-8-4-5-10-9(6-8)7-11-12-10/h2-7H,1H3,(H,11,12)/b3-2+. The van der Waals surface area contributed by atoms with Crippen LogP contribution in [0.1, 0.15) is 12.5 Å². The van der Waals surface area contributed by atoms with Crippen LogP contribution < -0.4 is 0 Å². The molecule has 0 bridgehead atoms. The predicted octanol–water partition coefficient (Wildman–Crippen LogP) is 2.60. The molecule has 0 fully saturated rings. The first-order valence-corrected chi connectivity index (χ1v) is 3.96. The van der Waals surface area contributed by atoms with Crippen LogP contribution in [0.2, 0.25) is 0 Å². The smallest absolute Gasteiger partial charge is 0.0650 e. The highest BCUT2D eigenvalue weighted by Gasteiger charge is 1.93. The van der Waals surface area contributed by atoms with Gasteiger partial charge in [-0.2, -0.15) is 5.10 Å². The second-order valence-corrected chi connectivity index (χ2v) is 2.72. The summed E-state index contributed by atoms with van der Waals surface area (Å²) in [5.74, 6) is 0. The number of fused-ring (bicyclic) bond motifs is 1. The molecule has 2 nitrogen and oxygen atoms in total. The van der Waals surface area contributed by atoms with Gasteiger partial charge in [0, 0.05) is 5.39 Å². The van der Waals surface area contributed by atoms with E-state index in [1.54, 1.807) is 0 Å². The molecule has 0 aliphatic rings. The van der Waals surface area contributed by atoms with Crippen LogP contribution in [0.15, 0.2) is 30.5 Å². The highest BCUT2D eigenvalue weighted by Crippen LogP contribution is 2.13. The third-order valence-corrected chi connectivity index (χ3v) is 1.82. The van der Waals surface area contributed by atoms with Crippen molar-refractivity contribution in [1.82, 2.24) is 10.2 Å². The number of nitrogens with one attached hydrogen (secondary N) is 1. The van der Waals surface area contributed by atoms with E-state index in [0.29, 0.717) is 0 Å². The van der Waals surface area contributed by atoms with Gasteiger partial charge in [-0.05, 0) is 24.6 Å². The van der Waals surface area contributed by atoms with Gasteiger partial charge in [-0.25, -0.2) is 0 Å². The van der Waals surface area contributed by atoms with Crippen molar-refractivity contribution in [2.45, 2.75) is 6.92 Å². The van der Waals surface area contributed by atoms with E-state index in [0.717, 1.165) is 10.9 Å². The molecular formula is C10H10N2. The van der Waals surface area contributed by atoms with Crippen LogP contribution >= 0.6 is 0 Å². The van der Waals surface area contributed by atoms with Gasteiger partial charge >= 0.3 is 0 Å². The van der Waals surface area contributed by atoms with Crippen LogP contribution in [0, 0.1) is 0 Å². The van der Waals surface area contributed by atoms with Gasteiger partial charge in [0.1, 0.15) is 0 Å². The summed E-state index contributed by atoms with van der Waals surface area (Å²) in [6.45, 7) is 2.01. The van der Waals surface area contributed by atoms with Crippen molar-refractivity contribution in [1.29, 1.82) is 0 Å². The zero-order valence-corrected chi connectivity index (χ0v) is 6.91. The normalized spacial score (nSPS) is 11.4. The van der Waals surface area contributed by atoms with Gasteiger partial charge in [0.2, 0.25) is 0 Å². The molecule has 2 heteroatoms.